The van der Waals surface area contributed by atoms with Crippen molar-refractivity contribution < 1.29 is 18.0 Å². The molecule has 4 N–H and O–H groups in total. The van der Waals surface area contributed by atoms with Gasteiger partial charge in [0.25, 0.3) is 0 Å². The first-order valence-corrected chi connectivity index (χ1v) is 4.20. The molecule has 0 aliphatic carbocycles. The molecule has 0 radical (unpaired) electrons. The third kappa shape index (κ3) is 4.19. The second-order valence-electron chi connectivity index (χ2n) is 3.68. The van der Waals surface area contributed by atoms with Crippen LogP contribution in [0.25, 0.3) is 0 Å². The highest BCUT2D eigenvalue weighted by molar-refractivity contribution is 5.95. The first kappa shape index (κ1) is 15.7. The smallest absolute Gasteiger partial charge is 0.318 e. The first-order valence-electron chi connectivity index (χ1n) is 4.20. The molecule has 0 saturated carbocycles. The zero-order valence-electron chi connectivity index (χ0n) is 8.92. The molecule has 0 fully saturated rings. The number of nitrogens with one attached hydrogen (secondary N) is 2. The van der Waals surface area contributed by atoms with Crippen molar-refractivity contribution in [2.75, 3.05) is 5.32 Å². The van der Waals surface area contributed by atoms with Gasteiger partial charge in [-0.25, -0.2) is 0 Å². The maximum absolute atomic E-state index is 12.1. The highest BCUT2D eigenvalue weighted by atomic mass is 35.5. The highest BCUT2D eigenvalue weighted by Crippen LogP contribution is 2.26. The number of carbonyl (C=O) groups excluding carboxylic acids is 1. The number of hydrogen-bond donors (Lipinski definition) is 3. The lowest BCUT2D eigenvalue weighted by molar-refractivity contribution is -0.144. The van der Waals surface area contributed by atoms with Gasteiger partial charge in [0, 0.05) is 0 Å². The third-order valence-corrected chi connectivity index (χ3v) is 1.56. The van der Waals surface area contributed by atoms with Gasteiger partial charge in [-0.15, -0.1) is 17.5 Å². The van der Waals surface area contributed by atoms with Crippen molar-refractivity contribution in [3.05, 3.63) is 5.82 Å². The number of carbonyl (C=O) groups is 1. The van der Waals surface area contributed by atoms with Crippen LogP contribution in [-0.2, 0) is 11.0 Å². The van der Waals surface area contributed by atoms with Crippen LogP contribution in [0, 0.1) is 0 Å². The number of rotatable bonds is 2. The van der Waals surface area contributed by atoms with Gasteiger partial charge < -0.3 is 5.73 Å². The Labute approximate surface area is 101 Å². The van der Waals surface area contributed by atoms with Crippen LogP contribution < -0.4 is 11.1 Å². The topological polar surface area (TPSA) is 96.7 Å². The SMILES string of the molecule is CC(C)(N)C(=O)Nc1n[nH]c(C(F)(F)F)n1.Cl. The number of hydrogen-bond acceptors (Lipinski definition) is 4. The summed E-state index contributed by atoms with van der Waals surface area (Å²) in [5.74, 6) is -2.42. The van der Waals surface area contributed by atoms with Crippen LogP contribution in [0.15, 0.2) is 0 Å². The lowest BCUT2D eigenvalue weighted by Gasteiger charge is -2.15. The zero-order valence-corrected chi connectivity index (χ0v) is 9.74. The molecule has 98 valence electrons. The Morgan fingerprint density at radius 1 is 1.41 bits per heavy atom. The van der Waals surface area contributed by atoms with Crippen LogP contribution >= 0.6 is 12.4 Å². The summed E-state index contributed by atoms with van der Waals surface area (Å²) in [6, 6.07) is 0. The maximum Gasteiger partial charge on any atom is 0.451 e. The van der Waals surface area contributed by atoms with Gasteiger partial charge in [0.05, 0.1) is 5.54 Å². The van der Waals surface area contributed by atoms with Gasteiger partial charge in [-0.2, -0.15) is 18.2 Å². The van der Waals surface area contributed by atoms with Gasteiger partial charge in [0.2, 0.25) is 17.7 Å². The summed E-state index contributed by atoms with van der Waals surface area (Å²) >= 11 is 0. The Hall–Kier alpha value is -1.35. The van der Waals surface area contributed by atoms with Crippen molar-refractivity contribution >= 4 is 24.3 Å². The fourth-order valence-electron chi connectivity index (χ4n) is 0.707. The number of aromatic amines is 1. The molecule has 1 amide bonds. The molecule has 0 bridgehead atoms. The van der Waals surface area contributed by atoms with Crippen LogP contribution in [0.5, 0.6) is 0 Å². The number of amides is 1. The molecule has 0 aromatic carbocycles. The van der Waals surface area contributed by atoms with Crippen molar-refractivity contribution in [2.24, 2.45) is 5.73 Å². The van der Waals surface area contributed by atoms with Crippen LogP contribution in [0.2, 0.25) is 0 Å². The summed E-state index contributed by atoms with van der Waals surface area (Å²) in [5.41, 5.74) is 4.20. The lowest BCUT2D eigenvalue weighted by Crippen LogP contribution is -2.45. The molecule has 0 atom stereocenters. The van der Waals surface area contributed by atoms with Crippen molar-refractivity contribution in [3.63, 3.8) is 0 Å². The average Bonchev–Trinajstić information content (AvgIpc) is 2.49. The predicted octanol–water partition coefficient (Wildman–Crippen LogP) is 0.921. The second kappa shape index (κ2) is 4.88. The fourth-order valence-corrected chi connectivity index (χ4v) is 0.707. The summed E-state index contributed by atoms with van der Waals surface area (Å²) in [7, 11) is 0. The van der Waals surface area contributed by atoms with E-state index in [-0.39, 0.29) is 12.4 Å². The Kier molecular flexibility index (Phi) is 4.49. The molecule has 1 rings (SSSR count). The van der Waals surface area contributed by atoms with E-state index < -0.39 is 29.4 Å². The maximum atomic E-state index is 12.1. The molecular weight excluding hydrogens is 263 g/mol. The van der Waals surface area contributed by atoms with Gasteiger partial charge in [-0.3, -0.25) is 15.2 Å². The number of alkyl halides is 3. The number of nitrogens with zero attached hydrogens (tertiary/aromatic N) is 2. The molecule has 0 unspecified atom stereocenters. The van der Waals surface area contributed by atoms with E-state index in [0.717, 1.165) is 0 Å². The number of H-pyrrole nitrogens is 1. The number of anilines is 1. The summed E-state index contributed by atoms with van der Waals surface area (Å²) in [5, 5.41) is 6.91. The standard InChI is InChI=1S/C7H10F3N5O.ClH/c1-6(2,11)4(16)13-5-12-3(14-15-5)7(8,9)10;/h11H2,1-2H3,(H2,12,13,14,15,16);1H. The van der Waals surface area contributed by atoms with E-state index in [4.69, 9.17) is 5.73 Å². The van der Waals surface area contributed by atoms with Crippen LogP contribution in [-0.4, -0.2) is 26.6 Å². The largest absolute Gasteiger partial charge is 0.451 e. The molecule has 0 aliphatic heterocycles. The van der Waals surface area contributed by atoms with E-state index >= 15 is 0 Å². The normalized spacial score (nSPS) is 11.9. The summed E-state index contributed by atoms with van der Waals surface area (Å²) in [6.45, 7) is 2.80. The Morgan fingerprint density at radius 2 is 1.94 bits per heavy atom. The minimum absolute atomic E-state index is 0. The number of aromatic nitrogens is 3. The summed E-state index contributed by atoms with van der Waals surface area (Å²) in [6.07, 6.45) is -4.63. The molecule has 0 spiro atoms. The molecule has 17 heavy (non-hydrogen) atoms. The molecule has 1 heterocycles. The van der Waals surface area contributed by atoms with Crippen molar-refractivity contribution in [1.82, 2.24) is 15.2 Å². The zero-order chi connectivity index (χ0) is 12.6. The molecule has 0 aliphatic rings. The summed E-state index contributed by atoms with van der Waals surface area (Å²) in [4.78, 5) is 14.3. The van der Waals surface area contributed by atoms with Gasteiger partial charge in [0.15, 0.2) is 0 Å². The third-order valence-electron chi connectivity index (χ3n) is 1.56. The average molecular weight is 274 g/mol. The molecule has 10 heteroatoms. The quantitative estimate of drug-likeness (QED) is 0.746. The van der Waals surface area contributed by atoms with E-state index in [1.165, 1.54) is 13.8 Å². The number of halogens is 4. The van der Waals surface area contributed by atoms with Crippen molar-refractivity contribution in [3.8, 4) is 0 Å². The molecule has 1 aromatic heterocycles. The van der Waals surface area contributed by atoms with Crippen LogP contribution in [0.1, 0.15) is 19.7 Å². The van der Waals surface area contributed by atoms with E-state index in [0.29, 0.717) is 0 Å². The van der Waals surface area contributed by atoms with Crippen LogP contribution in [0.4, 0.5) is 19.1 Å². The molecule has 1 aromatic rings. The highest BCUT2D eigenvalue weighted by Gasteiger charge is 2.35. The van der Waals surface area contributed by atoms with Gasteiger partial charge in [0.1, 0.15) is 0 Å². The van der Waals surface area contributed by atoms with Crippen LogP contribution in [0.3, 0.4) is 0 Å². The minimum atomic E-state index is -4.63. The first-order chi connectivity index (χ1) is 7.10. The monoisotopic (exact) mass is 273 g/mol. The molecular formula is C7H11ClF3N5O. The van der Waals surface area contributed by atoms with E-state index in [1.807, 2.05) is 0 Å². The van der Waals surface area contributed by atoms with E-state index in [9.17, 15) is 18.0 Å². The van der Waals surface area contributed by atoms with Gasteiger partial charge in [-0.1, -0.05) is 0 Å². The van der Waals surface area contributed by atoms with E-state index in [1.54, 1.807) is 5.10 Å². The molecule has 0 saturated heterocycles. The number of nitrogens with two attached hydrogens (primary N) is 1. The summed E-state index contributed by atoms with van der Waals surface area (Å²) < 4.78 is 36.3. The van der Waals surface area contributed by atoms with Crippen molar-refractivity contribution in [1.29, 1.82) is 0 Å². The Bertz CT molecular complexity index is 397. The second-order valence-corrected chi connectivity index (χ2v) is 3.68. The minimum Gasteiger partial charge on any atom is -0.318 e. The molecule has 6 nitrogen and oxygen atoms in total. The van der Waals surface area contributed by atoms with E-state index in [2.05, 4.69) is 15.4 Å². The van der Waals surface area contributed by atoms with Crippen molar-refractivity contribution in [2.45, 2.75) is 25.6 Å². The van der Waals surface area contributed by atoms with Gasteiger partial charge >= 0.3 is 6.18 Å². The lowest BCUT2D eigenvalue weighted by atomic mass is 10.1. The Balaban J connectivity index is 0.00000256. The van der Waals surface area contributed by atoms with Gasteiger partial charge in [-0.05, 0) is 13.8 Å². The Morgan fingerprint density at radius 3 is 2.29 bits per heavy atom. The predicted molar refractivity (Wildman–Crippen MR) is 55.5 cm³/mol. The fraction of sp³-hybridized carbons (Fsp3) is 0.571.